The van der Waals surface area contributed by atoms with Crippen LogP contribution in [-0.2, 0) is 20.9 Å². The zero-order chi connectivity index (χ0) is 18.7. The molecule has 2 saturated heterocycles. The first kappa shape index (κ1) is 18.3. The second kappa shape index (κ2) is 7.82. The molecule has 26 heavy (non-hydrogen) atoms. The van der Waals surface area contributed by atoms with Gasteiger partial charge in [-0.05, 0) is 24.5 Å². The minimum absolute atomic E-state index is 0.0343. The Bertz CT molecular complexity index is 673. The summed E-state index contributed by atoms with van der Waals surface area (Å²) >= 11 is 0. The molecule has 0 bridgehead atoms. The zero-order valence-electron chi connectivity index (χ0n) is 15.1. The minimum atomic E-state index is -0.695. The first-order chi connectivity index (χ1) is 12.5. The van der Waals surface area contributed by atoms with Crippen LogP contribution in [0.15, 0.2) is 24.5 Å². The van der Waals surface area contributed by atoms with Gasteiger partial charge in [0.1, 0.15) is 6.04 Å². The number of rotatable bonds is 5. The maximum absolute atomic E-state index is 12.5. The van der Waals surface area contributed by atoms with Gasteiger partial charge in [-0.25, -0.2) is 4.79 Å². The number of aromatic nitrogens is 1. The average molecular weight is 360 g/mol. The fourth-order valence-electron chi connectivity index (χ4n) is 3.34. The van der Waals surface area contributed by atoms with Gasteiger partial charge in [0.2, 0.25) is 5.91 Å². The summed E-state index contributed by atoms with van der Waals surface area (Å²) in [5.41, 5.74) is 1.03. The lowest BCUT2D eigenvalue weighted by Crippen LogP contribution is -2.44. The van der Waals surface area contributed by atoms with Crippen LogP contribution >= 0.6 is 0 Å². The van der Waals surface area contributed by atoms with E-state index in [0.717, 1.165) is 23.3 Å². The van der Waals surface area contributed by atoms with Gasteiger partial charge in [-0.15, -0.1) is 0 Å². The molecule has 0 aromatic carbocycles. The third-order valence-electron chi connectivity index (χ3n) is 5.04. The SMILES string of the molecule is CN1C(=O)C(CC(=O)N2CCC(OCc3cccnc3)CC2)N(C)C1=O. The number of carbonyl (C=O) groups excluding carboxylic acids is 3. The molecule has 4 amide bonds. The van der Waals surface area contributed by atoms with E-state index in [1.807, 2.05) is 12.1 Å². The van der Waals surface area contributed by atoms with Crippen molar-refractivity contribution >= 4 is 17.8 Å². The number of nitrogens with zero attached hydrogens (tertiary/aromatic N) is 4. The predicted octanol–water partition coefficient (Wildman–Crippen LogP) is 0.872. The fraction of sp³-hybridized carbons (Fsp3) is 0.556. The summed E-state index contributed by atoms with van der Waals surface area (Å²) in [5.74, 6) is -0.412. The number of hydrogen-bond donors (Lipinski definition) is 0. The van der Waals surface area contributed by atoms with Gasteiger partial charge in [-0.3, -0.25) is 19.5 Å². The Balaban J connectivity index is 1.45. The molecule has 1 atom stereocenters. The summed E-state index contributed by atoms with van der Waals surface area (Å²) in [6, 6.07) is 2.79. The molecule has 1 aromatic heterocycles. The summed E-state index contributed by atoms with van der Waals surface area (Å²) in [5, 5.41) is 0. The van der Waals surface area contributed by atoms with Crippen molar-refractivity contribution in [3.05, 3.63) is 30.1 Å². The molecule has 1 unspecified atom stereocenters. The molecule has 140 valence electrons. The van der Waals surface area contributed by atoms with Gasteiger partial charge in [0.15, 0.2) is 0 Å². The highest BCUT2D eigenvalue weighted by Crippen LogP contribution is 2.20. The van der Waals surface area contributed by atoms with Crippen LogP contribution in [0, 0.1) is 0 Å². The third-order valence-corrected chi connectivity index (χ3v) is 5.04. The molecule has 2 aliphatic heterocycles. The first-order valence-electron chi connectivity index (χ1n) is 8.80. The van der Waals surface area contributed by atoms with Crippen molar-refractivity contribution in [3.63, 3.8) is 0 Å². The van der Waals surface area contributed by atoms with Crippen molar-refractivity contribution in [2.45, 2.75) is 38.0 Å². The van der Waals surface area contributed by atoms with Crippen molar-refractivity contribution in [3.8, 4) is 0 Å². The van der Waals surface area contributed by atoms with E-state index in [0.29, 0.717) is 19.7 Å². The molecular formula is C18H24N4O4. The lowest BCUT2D eigenvalue weighted by molar-refractivity contribution is -0.138. The van der Waals surface area contributed by atoms with Crippen LogP contribution in [0.4, 0.5) is 4.79 Å². The Kier molecular flexibility index (Phi) is 5.51. The first-order valence-corrected chi connectivity index (χ1v) is 8.80. The zero-order valence-corrected chi connectivity index (χ0v) is 15.1. The van der Waals surface area contributed by atoms with Gasteiger partial charge < -0.3 is 14.5 Å². The molecule has 0 spiro atoms. The number of urea groups is 1. The molecule has 3 rings (SSSR count). The van der Waals surface area contributed by atoms with E-state index in [9.17, 15) is 14.4 Å². The lowest BCUT2D eigenvalue weighted by Gasteiger charge is -2.32. The molecule has 2 aliphatic rings. The molecular weight excluding hydrogens is 336 g/mol. The number of carbonyl (C=O) groups is 3. The molecule has 0 saturated carbocycles. The number of amides is 4. The van der Waals surface area contributed by atoms with Crippen molar-refractivity contribution in [2.75, 3.05) is 27.2 Å². The number of ether oxygens (including phenoxy) is 1. The van der Waals surface area contributed by atoms with Crippen LogP contribution in [0.2, 0.25) is 0 Å². The third kappa shape index (κ3) is 3.85. The van der Waals surface area contributed by atoms with Gasteiger partial charge in [-0.1, -0.05) is 6.07 Å². The topological polar surface area (TPSA) is 83.1 Å². The lowest BCUT2D eigenvalue weighted by atomic mass is 10.1. The van der Waals surface area contributed by atoms with Crippen LogP contribution in [0.25, 0.3) is 0 Å². The normalized spacial score (nSPS) is 21.6. The van der Waals surface area contributed by atoms with Crippen molar-refractivity contribution in [2.24, 2.45) is 0 Å². The number of hydrogen-bond acceptors (Lipinski definition) is 5. The van der Waals surface area contributed by atoms with Gasteiger partial charge in [0.25, 0.3) is 5.91 Å². The van der Waals surface area contributed by atoms with Gasteiger partial charge >= 0.3 is 6.03 Å². The van der Waals surface area contributed by atoms with E-state index < -0.39 is 6.04 Å². The second-order valence-corrected chi connectivity index (χ2v) is 6.76. The molecule has 8 nitrogen and oxygen atoms in total. The maximum atomic E-state index is 12.5. The highest BCUT2D eigenvalue weighted by atomic mass is 16.5. The van der Waals surface area contributed by atoms with Crippen molar-refractivity contribution in [1.82, 2.24) is 19.7 Å². The number of likely N-dealkylation sites (tertiary alicyclic amines) is 1. The van der Waals surface area contributed by atoms with E-state index in [1.54, 1.807) is 24.3 Å². The maximum Gasteiger partial charge on any atom is 0.326 e. The molecule has 2 fully saturated rings. The van der Waals surface area contributed by atoms with Crippen LogP contribution in [0.5, 0.6) is 0 Å². The Morgan fingerprint density at radius 1 is 1.27 bits per heavy atom. The highest BCUT2D eigenvalue weighted by Gasteiger charge is 2.42. The van der Waals surface area contributed by atoms with E-state index in [-0.39, 0.29) is 30.4 Å². The number of piperidine rings is 1. The minimum Gasteiger partial charge on any atom is -0.373 e. The van der Waals surface area contributed by atoms with Crippen molar-refractivity contribution in [1.29, 1.82) is 0 Å². The molecule has 0 radical (unpaired) electrons. The van der Waals surface area contributed by atoms with E-state index in [4.69, 9.17) is 4.74 Å². The average Bonchev–Trinajstić information content (AvgIpc) is 2.85. The Labute approximate surface area is 152 Å². The number of pyridine rings is 1. The highest BCUT2D eigenvalue weighted by molar-refractivity contribution is 6.05. The number of likely N-dealkylation sites (N-methyl/N-ethyl adjacent to an activating group) is 2. The second-order valence-electron chi connectivity index (χ2n) is 6.76. The summed E-state index contributed by atoms with van der Waals surface area (Å²) in [6.07, 6.45) is 5.19. The monoisotopic (exact) mass is 360 g/mol. The smallest absolute Gasteiger partial charge is 0.326 e. The molecule has 1 aromatic rings. The van der Waals surface area contributed by atoms with E-state index >= 15 is 0 Å². The van der Waals surface area contributed by atoms with E-state index in [2.05, 4.69) is 4.98 Å². The Morgan fingerprint density at radius 2 is 2.00 bits per heavy atom. The summed E-state index contributed by atoms with van der Waals surface area (Å²) in [4.78, 5) is 44.6. The van der Waals surface area contributed by atoms with Gasteiger partial charge in [-0.2, -0.15) is 0 Å². The standard InChI is InChI=1S/C18H24N4O4/c1-20-15(17(24)21(2)18(20)25)10-16(23)22-8-5-14(6-9-22)26-12-13-4-3-7-19-11-13/h3-4,7,11,14-15H,5-6,8-10,12H2,1-2H3. The van der Waals surface area contributed by atoms with Crippen LogP contribution in [0.3, 0.4) is 0 Å². The van der Waals surface area contributed by atoms with Gasteiger partial charge in [0, 0.05) is 39.6 Å². The Morgan fingerprint density at radius 3 is 2.58 bits per heavy atom. The molecule has 8 heteroatoms. The van der Waals surface area contributed by atoms with Gasteiger partial charge in [0.05, 0.1) is 19.1 Å². The quantitative estimate of drug-likeness (QED) is 0.728. The largest absolute Gasteiger partial charge is 0.373 e. The predicted molar refractivity (Wildman–Crippen MR) is 93.0 cm³/mol. The summed E-state index contributed by atoms with van der Waals surface area (Å²) in [6.45, 7) is 1.72. The summed E-state index contributed by atoms with van der Waals surface area (Å²) < 4.78 is 5.90. The van der Waals surface area contributed by atoms with Crippen molar-refractivity contribution < 1.29 is 19.1 Å². The van der Waals surface area contributed by atoms with Crippen LogP contribution in [-0.4, -0.2) is 76.9 Å². The van der Waals surface area contributed by atoms with E-state index in [1.165, 1.54) is 11.9 Å². The fourth-order valence-corrected chi connectivity index (χ4v) is 3.34. The number of imide groups is 1. The molecule has 0 N–H and O–H groups in total. The van der Waals surface area contributed by atoms with Crippen LogP contribution in [0.1, 0.15) is 24.8 Å². The molecule has 3 heterocycles. The molecule has 0 aliphatic carbocycles. The van der Waals surface area contributed by atoms with Crippen LogP contribution < -0.4 is 0 Å². The summed E-state index contributed by atoms with van der Waals surface area (Å²) in [7, 11) is 3.00. The Hall–Kier alpha value is -2.48.